The molecule has 0 radical (unpaired) electrons. The first kappa shape index (κ1) is 16.8. The quantitative estimate of drug-likeness (QED) is 0.437. The van der Waals surface area contributed by atoms with E-state index in [-0.39, 0.29) is 11.9 Å². The summed E-state index contributed by atoms with van der Waals surface area (Å²) >= 11 is 11.0. The minimum Gasteiger partial charge on any atom is -0.271 e. The molecule has 0 aliphatic carbocycles. The van der Waals surface area contributed by atoms with E-state index >= 15 is 0 Å². The molecular weight excluding hydrogens is 375 g/mol. The van der Waals surface area contributed by atoms with Crippen LogP contribution in [0.4, 0.5) is 4.39 Å². The van der Waals surface area contributed by atoms with Crippen molar-refractivity contribution < 1.29 is 4.39 Å². The van der Waals surface area contributed by atoms with Crippen LogP contribution in [0.3, 0.4) is 0 Å². The van der Waals surface area contributed by atoms with Crippen molar-refractivity contribution in [1.29, 1.82) is 0 Å². The zero-order valence-corrected chi connectivity index (χ0v) is 14.3. The second-order valence-corrected chi connectivity index (χ2v) is 6.96. The predicted molar refractivity (Wildman–Crippen MR) is 91.1 cm³/mol. The minimum atomic E-state index is -0.254. The molecule has 0 aliphatic rings. The first-order chi connectivity index (χ1) is 10.1. The summed E-state index contributed by atoms with van der Waals surface area (Å²) in [5.41, 5.74) is 3.83. The van der Waals surface area contributed by atoms with E-state index in [4.69, 9.17) is 17.4 Å². The number of nitrogens with two attached hydrogens (primary N) is 1. The number of benzene rings is 2. The number of nitrogens with one attached hydrogen (secondary N) is 1. The molecule has 0 spiro atoms. The molecule has 0 amide bonds. The van der Waals surface area contributed by atoms with Gasteiger partial charge in [0, 0.05) is 26.2 Å². The van der Waals surface area contributed by atoms with Crippen molar-refractivity contribution in [2.45, 2.75) is 17.4 Å². The summed E-state index contributed by atoms with van der Waals surface area (Å²) in [6.45, 7) is 0. The molecule has 1 atom stereocenters. The zero-order chi connectivity index (χ0) is 15.2. The maximum absolute atomic E-state index is 13.1. The molecule has 2 aromatic carbocycles. The number of thioether (sulfide) groups is 1. The summed E-state index contributed by atoms with van der Waals surface area (Å²) in [4.78, 5) is 1.10. The van der Waals surface area contributed by atoms with Gasteiger partial charge in [0.15, 0.2) is 0 Å². The Morgan fingerprint density at radius 1 is 1.29 bits per heavy atom. The molecule has 0 bridgehead atoms. The summed E-state index contributed by atoms with van der Waals surface area (Å²) in [5.74, 6) is 6.15. The van der Waals surface area contributed by atoms with Crippen molar-refractivity contribution in [3.05, 3.63) is 63.3 Å². The van der Waals surface area contributed by atoms with Crippen molar-refractivity contribution >= 4 is 39.3 Å². The van der Waals surface area contributed by atoms with E-state index in [1.807, 2.05) is 24.3 Å². The minimum absolute atomic E-state index is 0.0794. The highest BCUT2D eigenvalue weighted by Crippen LogP contribution is 2.24. The lowest BCUT2D eigenvalue weighted by molar-refractivity contribution is 0.572. The van der Waals surface area contributed by atoms with Gasteiger partial charge in [-0.15, -0.1) is 11.8 Å². The molecule has 2 rings (SSSR count). The Hall–Kier alpha value is -0.590. The summed E-state index contributed by atoms with van der Waals surface area (Å²) in [7, 11) is 0. The average Bonchev–Trinajstić information content (AvgIpc) is 2.45. The second-order valence-electron chi connectivity index (χ2n) is 4.57. The van der Waals surface area contributed by atoms with Gasteiger partial charge in [-0.05, 0) is 42.3 Å². The fourth-order valence-corrected chi connectivity index (χ4v) is 3.63. The smallest absolute Gasteiger partial charge is 0.124 e. The maximum Gasteiger partial charge on any atom is 0.124 e. The Balaban J connectivity index is 1.97. The molecule has 6 heteroatoms. The number of hydrogen-bond donors (Lipinski definition) is 2. The Morgan fingerprint density at radius 3 is 2.76 bits per heavy atom. The van der Waals surface area contributed by atoms with Crippen LogP contribution in [0.5, 0.6) is 0 Å². The largest absolute Gasteiger partial charge is 0.271 e. The predicted octanol–water partition coefficient (Wildman–Crippen LogP) is 4.41. The normalized spacial score (nSPS) is 12.4. The van der Waals surface area contributed by atoms with Crippen molar-refractivity contribution in [2.24, 2.45) is 5.84 Å². The lowest BCUT2D eigenvalue weighted by Gasteiger charge is -2.16. The molecule has 0 aromatic heterocycles. The van der Waals surface area contributed by atoms with Gasteiger partial charge >= 0.3 is 0 Å². The number of hydrogen-bond acceptors (Lipinski definition) is 3. The first-order valence-electron chi connectivity index (χ1n) is 6.37. The Morgan fingerprint density at radius 2 is 2.10 bits per heavy atom. The van der Waals surface area contributed by atoms with Gasteiger partial charge in [-0.3, -0.25) is 11.3 Å². The third-order valence-corrected chi connectivity index (χ3v) is 5.09. The summed E-state index contributed by atoms with van der Waals surface area (Å²) < 4.78 is 13.8. The standard InChI is InChI=1S/C15H15BrClFN2S/c16-15-8-12(18)5-4-10(15)6-13(20-19)9-21-14-3-1-2-11(17)7-14/h1-5,7-8,13,20H,6,9,19H2. The van der Waals surface area contributed by atoms with Crippen molar-refractivity contribution in [1.82, 2.24) is 5.43 Å². The van der Waals surface area contributed by atoms with Crippen molar-refractivity contribution in [2.75, 3.05) is 5.75 Å². The maximum atomic E-state index is 13.1. The van der Waals surface area contributed by atoms with E-state index in [1.165, 1.54) is 12.1 Å². The SMILES string of the molecule is NNC(CSc1cccc(Cl)c1)Cc1ccc(F)cc1Br. The molecule has 0 aliphatic heterocycles. The van der Waals surface area contributed by atoms with E-state index in [0.29, 0.717) is 6.42 Å². The van der Waals surface area contributed by atoms with Gasteiger partial charge in [-0.1, -0.05) is 39.7 Å². The topological polar surface area (TPSA) is 38.0 Å². The lowest BCUT2D eigenvalue weighted by atomic mass is 10.1. The van der Waals surface area contributed by atoms with Crippen LogP contribution in [-0.4, -0.2) is 11.8 Å². The highest BCUT2D eigenvalue weighted by molar-refractivity contribution is 9.10. The highest BCUT2D eigenvalue weighted by atomic mass is 79.9. The van der Waals surface area contributed by atoms with Crippen LogP contribution in [0.1, 0.15) is 5.56 Å². The summed E-state index contributed by atoms with van der Waals surface area (Å²) in [5, 5.41) is 0.721. The Labute approximate surface area is 141 Å². The molecule has 21 heavy (non-hydrogen) atoms. The van der Waals surface area contributed by atoms with Crippen LogP contribution in [0.15, 0.2) is 51.8 Å². The van der Waals surface area contributed by atoms with Gasteiger partial charge in [0.1, 0.15) is 5.82 Å². The van der Waals surface area contributed by atoms with Gasteiger partial charge in [-0.25, -0.2) is 4.39 Å². The van der Waals surface area contributed by atoms with Crippen LogP contribution in [-0.2, 0) is 6.42 Å². The van der Waals surface area contributed by atoms with Crippen molar-refractivity contribution in [3.63, 3.8) is 0 Å². The van der Waals surface area contributed by atoms with Crippen molar-refractivity contribution in [3.8, 4) is 0 Å². The number of halogens is 3. The summed E-state index contributed by atoms with van der Waals surface area (Å²) in [6, 6.07) is 12.5. The average molecular weight is 390 g/mol. The lowest BCUT2D eigenvalue weighted by Crippen LogP contribution is -2.38. The number of rotatable bonds is 6. The second kappa shape index (κ2) is 8.15. The van der Waals surface area contributed by atoms with Gasteiger partial charge < -0.3 is 0 Å². The molecule has 2 aromatic rings. The Kier molecular flexibility index (Phi) is 6.51. The van der Waals surface area contributed by atoms with Gasteiger partial charge in [0.25, 0.3) is 0 Å². The van der Waals surface area contributed by atoms with E-state index < -0.39 is 0 Å². The van der Waals surface area contributed by atoms with Crippen LogP contribution < -0.4 is 11.3 Å². The van der Waals surface area contributed by atoms with Gasteiger partial charge in [-0.2, -0.15) is 0 Å². The monoisotopic (exact) mass is 388 g/mol. The highest BCUT2D eigenvalue weighted by Gasteiger charge is 2.11. The molecule has 3 N–H and O–H groups in total. The Bertz CT molecular complexity index is 612. The molecule has 0 saturated heterocycles. The van der Waals surface area contributed by atoms with Crippen LogP contribution >= 0.6 is 39.3 Å². The first-order valence-corrected chi connectivity index (χ1v) is 8.52. The molecule has 2 nitrogen and oxygen atoms in total. The molecule has 1 unspecified atom stereocenters. The zero-order valence-electron chi connectivity index (χ0n) is 11.2. The van der Waals surface area contributed by atoms with E-state index in [9.17, 15) is 4.39 Å². The fraction of sp³-hybridized carbons (Fsp3) is 0.200. The molecule has 112 valence electrons. The molecule has 0 fully saturated rings. The number of hydrazine groups is 1. The third kappa shape index (κ3) is 5.27. The molecule has 0 heterocycles. The van der Waals surface area contributed by atoms with E-state index in [1.54, 1.807) is 17.8 Å². The van der Waals surface area contributed by atoms with E-state index in [2.05, 4.69) is 21.4 Å². The van der Waals surface area contributed by atoms with Gasteiger partial charge in [0.2, 0.25) is 0 Å². The molecular formula is C15H15BrClFN2S. The molecule has 0 saturated carbocycles. The van der Waals surface area contributed by atoms with E-state index in [0.717, 1.165) is 25.7 Å². The van der Waals surface area contributed by atoms with Crippen LogP contribution in [0, 0.1) is 5.82 Å². The fourth-order valence-electron chi connectivity index (χ4n) is 1.87. The third-order valence-electron chi connectivity index (χ3n) is 2.96. The van der Waals surface area contributed by atoms with Crippen LogP contribution in [0.25, 0.3) is 0 Å². The van der Waals surface area contributed by atoms with Gasteiger partial charge in [0.05, 0.1) is 0 Å². The van der Waals surface area contributed by atoms with Crippen LogP contribution in [0.2, 0.25) is 5.02 Å². The summed E-state index contributed by atoms with van der Waals surface area (Å²) in [6.07, 6.45) is 0.713.